The lowest BCUT2D eigenvalue weighted by Crippen LogP contribution is -2.30. The maximum atomic E-state index is 12.5. The Hall–Kier alpha value is -3.40. The molecule has 0 bridgehead atoms. The smallest absolute Gasteiger partial charge is 0.324 e. The molecule has 2 heterocycles. The fourth-order valence-corrected chi connectivity index (χ4v) is 4.68. The Labute approximate surface area is 186 Å². The number of aromatic nitrogens is 3. The third-order valence-electron chi connectivity index (χ3n) is 5.33. The molecule has 168 valence electrons. The number of nitrogens with zero attached hydrogens (tertiary/aromatic N) is 3. The van der Waals surface area contributed by atoms with Gasteiger partial charge in [-0.05, 0) is 56.2 Å². The maximum absolute atomic E-state index is 12.5. The Morgan fingerprint density at radius 3 is 2.41 bits per heavy atom. The van der Waals surface area contributed by atoms with Crippen LogP contribution in [0.25, 0.3) is 0 Å². The minimum atomic E-state index is -3.70. The second-order valence-corrected chi connectivity index (χ2v) is 9.55. The number of anilines is 2. The highest BCUT2D eigenvalue weighted by Crippen LogP contribution is 2.19. The van der Waals surface area contributed by atoms with Crippen molar-refractivity contribution >= 4 is 27.3 Å². The topological polar surface area (TPSA) is 115 Å². The van der Waals surface area contributed by atoms with E-state index in [-0.39, 0.29) is 23.0 Å². The lowest BCUT2D eigenvalue weighted by molar-refractivity contribution is -0.117. The second kappa shape index (κ2) is 8.99. The third kappa shape index (κ3) is 4.91. The zero-order chi connectivity index (χ0) is 22.7. The standard InChI is InChI=1S/C22H25N5O4S/c1-16-6-12-19(13-7-16)32(30,31)25-18-10-8-17(9-11-18)23-21(28)15-27-22(29)26-14-4-2-3-5-20(26)24-27/h6-13,25H,2-5,14-15H2,1H3,(H,23,28). The van der Waals surface area contributed by atoms with Crippen LogP contribution in [0.4, 0.5) is 11.4 Å². The average Bonchev–Trinajstić information content (AvgIpc) is 2.91. The van der Waals surface area contributed by atoms with E-state index >= 15 is 0 Å². The molecule has 0 atom stereocenters. The molecular weight excluding hydrogens is 430 g/mol. The van der Waals surface area contributed by atoms with Gasteiger partial charge in [-0.2, -0.15) is 5.10 Å². The van der Waals surface area contributed by atoms with Crippen LogP contribution in [0.2, 0.25) is 0 Å². The molecule has 32 heavy (non-hydrogen) atoms. The summed E-state index contributed by atoms with van der Waals surface area (Å²) in [5.74, 6) is 0.346. The number of rotatable bonds is 6. The number of sulfonamides is 1. The molecule has 1 aliphatic heterocycles. The molecule has 1 aromatic heterocycles. The largest absolute Gasteiger partial charge is 0.346 e. The van der Waals surface area contributed by atoms with Gasteiger partial charge >= 0.3 is 5.69 Å². The van der Waals surface area contributed by atoms with Crippen LogP contribution in [-0.4, -0.2) is 28.7 Å². The van der Waals surface area contributed by atoms with Crippen LogP contribution >= 0.6 is 0 Å². The van der Waals surface area contributed by atoms with Crippen molar-refractivity contribution in [3.63, 3.8) is 0 Å². The number of hydrogen-bond donors (Lipinski definition) is 2. The van der Waals surface area contributed by atoms with Gasteiger partial charge in [0.2, 0.25) is 5.91 Å². The van der Waals surface area contributed by atoms with Gasteiger partial charge in [-0.3, -0.25) is 14.1 Å². The van der Waals surface area contributed by atoms with E-state index in [1.165, 1.54) is 4.68 Å². The molecule has 1 amide bonds. The number of aryl methyl sites for hydroxylation is 2. The molecule has 1 aliphatic rings. The fourth-order valence-electron chi connectivity index (χ4n) is 3.62. The van der Waals surface area contributed by atoms with Crippen molar-refractivity contribution in [2.24, 2.45) is 0 Å². The summed E-state index contributed by atoms with van der Waals surface area (Å²) < 4.78 is 30.3. The summed E-state index contributed by atoms with van der Waals surface area (Å²) in [7, 11) is -3.70. The minimum Gasteiger partial charge on any atom is -0.324 e. The molecule has 0 unspecified atom stereocenters. The van der Waals surface area contributed by atoms with Gasteiger partial charge < -0.3 is 5.32 Å². The molecule has 0 fully saturated rings. The maximum Gasteiger partial charge on any atom is 0.346 e. The molecule has 3 aromatic rings. The lowest BCUT2D eigenvalue weighted by atomic mass is 10.2. The first kappa shape index (κ1) is 21.8. The number of carbonyl (C=O) groups excluding carboxylic acids is 1. The number of carbonyl (C=O) groups is 1. The van der Waals surface area contributed by atoms with Gasteiger partial charge in [-0.1, -0.05) is 24.1 Å². The van der Waals surface area contributed by atoms with E-state index in [9.17, 15) is 18.0 Å². The molecule has 0 saturated carbocycles. The summed E-state index contributed by atoms with van der Waals surface area (Å²) in [6, 6.07) is 12.9. The molecule has 0 radical (unpaired) electrons. The van der Waals surface area contributed by atoms with Crippen LogP contribution < -0.4 is 15.7 Å². The quantitative estimate of drug-likeness (QED) is 0.593. The van der Waals surface area contributed by atoms with E-state index < -0.39 is 10.0 Å². The predicted molar refractivity (Wildman–Crippen MR) is 121 cm³/mol. The van der Waals surface area contributed by atoms with Crippen molar-refractivity contribution in [2.45, 2.75) is 50.6 Å². The average molecular weight is 456 g/mol. The molecule has 0 aliphatic carbocycles. The molecule has 10 heteroatoms. The zero-order valence-corrected chi connectivity index (χ0v) is 18.6. The van der Waals surface area contributed by atoms with Crippen molar-refractivity contribution in [1.82, 2.24) is 14.3 Å². The van der Waals surface area contributed by atoms with E-state index in [0.717, 1.165) is 37.1 Å². The van der Waals surface area contributed by atoms with Crippen LogP contribution in [0.15, 0.2) is 58.2 Å². The lowest BCUT2D eigenvalue weighted by Gasteiger charge is -2.10. The number of amides is 1. The van der Waals surface area contributed by atoms with Crippen molar-refractivity contribution in [2.75, 3.05) is 10.0 Å². The van der Waals surface area contributed by atoms with Gasteiger partial charge in [0.15, 0.2) is 0 Å². The van der Waals surface area contributed by atoms with Crippen molar-refractivity contribution in [1.29, 1.82) is 0 Å². The number of benzene rings is 2. The zero-order valence-electron chi connectivity index (χ0n) is 17.7. The Bertz CT molecular complexity index is 1280. The highest BCUT2D eigenvalue weighted by atomic mass is 32.2. The molecule has 2 aromatic carbocycles. The van der Waals surface area contributed by atoms with E-state index in [0.29, 0.717) is 17.9 Å². The Kier molecular flexibility index (Phi) is 6.13. The number of nitrogens with one attached hydrogen (secondary N) is 2. The number of fused-ring (bicyclic) bond motifs is 1. The molecule has 0 saturated heterocycles. The molecule has 2 N–H and O–H groups in total. The first-order valence-electron chi connectivity index (χ1n) is 10.5. The van der Waals surface area contributed by atoms with Crippen LogP contribution in [0.1, 0.15) is 30.7 Å². The first-order valence-corrected chi connectivity index (χ1v) is 12.0. The third-order valence-corrected chi connectivity index (χ3v) is 6.72. The van der Waals surface area contributed by atoms with Gasteiger partial charge in [0.05, 0.1) is 4.90 Å². The van der Waals surface area contributed by atoms with E-state index in [1.54, 1.807) is 53.1 Å². The van der Waals surface area contributed by atoms with E-state index in [1.807, 2.05) is 6.92 Å². The highest BCUT2D eigenvalue weighted by Gasteiger charge is 2.18. The Morgan fingerprint density at radius 2 is 1.69 bits per heavy atom. The first-order chi connectivity index (χ1) is 15.3. The van der Waals surface area contributed by atoms with E-state index in [4.69, 9.17) is 0 Å². The molecule has 9 nitrogen and oxygen atoms in total. The van der Waals surface area contributed by atoms with Crippen molar-refractivity contribution < 1.29 is 13.2 Å². The summed E-state index contributed by atoms with van der Waals surface area (Å²) in [5.41, 5.74) is 1.56. The second-order valence-electron chi connectivity index (χ2n) is 7.86. The van der Waals surface area contributed by atoms with Gasteiger partial charge in [-0.15, -0.1) is 0 Å². The van der Waals surface area contributed by atoms with Crippen LogP contribution in [0.5, 0.6) is 0 Å². The Morgan fingerprint density at radius 1 is 1.00 bits per heavy atom. The number of hydrogen-bond acceptors (Lipinski definition) is 5. The van der Waals surface area contributed by atoms with Crippen LogP contribution in [0, 0.1) is 6.92 Å². The SMILES string of the molecule is Cc1ccc(S(=O)(=O)Nc2ccc(NC(=O)Cn3nc4n(c3=O)CCCCC4)cc2)cc1. The molecular formula is C22H25N5O4S. The van der Waals surface area contributed by atoms with Crippen LogP contribution in [0.3, 0.4) is 0 Å². The van der Waals surface area contributed by atoms with Gasteiger partial charge in [0.1, 0.15) is 12.4 Å². The van der Waals surface area contributed by atoms with Gasteiger partial charge in [0, 0.05) is 24.3 Å². The summed E-state index contributed by atoms with van der Waals surface area (Å²) in [4.78, 5) is 25.1. The fraction of sp³-hybridized carbons (Fsp3) is 0.318. The highest BCUT2D eigenvalue weighted by molar-refractivity contribution is 7.92. The van der Waals surface area contributed by atoms with Crippen molar-refractivity contribution in [3.05, 3.63) is 70.4 Å². The normalized spacial score (nSPS) is 13.8. The van der Waals surface area contributed by atoms with Crippen molar-refractivity contribution in [3.8, 4) is 0 Å². The molecule has 0 spiro atoms. The summed E-state index contributed by atoms with van der Waals surface area (Å²) >= 11 is 0. The monoisotopic (exact) mass is 455 g/mol. The van der Waals surface area contributed by atoms with E-state index in [2.05, 4.69) is 15.1 Å². The summed E-state index contributed by atoms with van der Waals surface area (Å²) in [5, 5.41) is 7.02. The Balaban J connectivity index is 1.39. The van der Waals surface area contributed by atoms with Gasteiger partial charge in [0.25, 0.3) is 10.0 Å². The minimum absolute atomic E-state index is 0.171. The predicted octanol–water partition coefficient (Wildman–Crippen LogP) is 2.52. The summed E-state index contributed by atoms with van der Waals surface area (Å²) in [6.07, 6.45) is 3.73. The molecule has 4 rings (SSSR count). The van der Waals surface area contributed by atoms with Crippen LogP contribution in [-0.2, 0) is 34.3 Å². The summed E-state index contributed by atoms with van der Waals surface area (Å²) in [6.45, 7) is 2.34. The van der Waals surface area contributed by atoms with Gasteiger partial charge in [-0.25, -0.2) is 17.9 Å².